The van der Waals surface area contributed by atoms with E-state index in [0.717, 1.165) is 25.9 Å². The highest BCUT2D eigenvalue weighted by Gasteiger charge is 2.16. The van der Waals surface area contributed by atoms with Crippen LogP contribution in [0, 0.1) is 0 Å². The summed E-state index contributed by atoms with van der Waals surface area (Å²) in [7, 11) is 0. The van der Waals surface area contributed by atoms with E-state index in [4.69, 9.17) is 0 Å². The van der Waals surface area contributed by atoms with Gasteiger partial charge in [0, 0.05) is 25.9 Å². The first-order chi connectivity index (χ1) is 7.69. The lowest BCUT2D eigenvalue weighted by Gasteiger charge is -2.05. The summed E-state index contributed by atoms with van der Waals surface area (Å²) in [5.41, 5.74) is 0. The average Bonchev–Trinajstić information content (AvgIpc) is 2.87. The van der Waals surface area contributed by atoms with Crippen LogP contribution in [0.25, 0.3) is 0 Å². The third-order valence-electron chi connectivity index (χ3n) is 2.66. The number of hydrogen-bond acceptors (Lipinski definition) is 2. The minimum absolute atomic E-state index is 0.208. The highest BCUT2D eigenvalue weighted by atomic mass is 16.2. The molecule has 16 heavy (non-hydrogen) atoms. The van der Waals surface area contributed by atoms with Crippen LogP contribution in [0.1, 0.15) is 25.7 Å². The number of nitrogens with zero attached hydrogens (tertiary/aromatic N) is 2. The normalized spacial score (nSPS) is 19.5. The van der Waals surface area contributed by atoms with Crippen LogP contribution < -0.4 is 0 Å². The van der Waals surface area contributed by atoms with Gasteiger partial charge in [0.1, 0.15) is 0 Å². The fraction of sp³-hybridized carbons (Fsp3) is 0.500. The van der Waals surface area contributed by atoms with Crippen molar-refractivity contribution < 1.29 is 9.59 Å². The lowest BCUT2D eigenvalue weighted by molar-refractivity contribution is -0.126. The maximum absolute atomic E-state index is 10.7. The molecule has 0 bridgehead atoms. The van der Waals surface area contributed by atoms with Gasteiger partial charge in [-0.15, -0.1) is 0 Å². The third-order valence-corrected chi connectivity index (χ3v) is 2.66. The Bertz CT molecular complexity index is 269. The third kappa shape index (κ3) is 3.22. The van der Waals surface area contributed by atoms with Crippen molar-refractivity contribution in [2.24, 2.45) is 0 Å². The van der Waals surface area contributed by atoms with Gasteiger partial charge in [0.25, 0.3) is 0 Å². The van der Waals surface area contributed by atoms with Crippen LogP contribution in [0.2, 0.25) is 0 Å². The summed E-state index contributed by atoms with van der Waals surface area (Å²) in [6.45, 7) is 8.72. The SMILES string of the molecule is C=CN1CCCC1=O.C=CN1CCCC1=O. The van der Waals surface area contributed by atoms with Crippen LogP contribution in [0.15, 0.2) is 25.6 Å². The van der Waals surface area contributed by atoms with Gasteiger partial charge < -0.3 is 9.80 Å². The number of hydrogen-bond donors (Lipinski definition) is 0. The molecule has 4 nitrogen and oxygen atoms in total. The molecule has 88 valence electrons. The topological polar surface area (TPSA) is 40.6 Å². The standard InChI is InChI=1S/2C6H9NO/c2*1-2-7-5-3-4-6(7)8/h2*2H,1,3-5H2. The Morgan fingerprint density at radius 3 is 1.38 bits per heavy atom. The Labute approximate surface area is 96.2 Å². The molecule has 0 radical (unpaired) electrons. The Balaban J connectivity index is 0.000000160. The van der Waals surface area contributed by atoms with Gasteiger partial charge in [-0.2, -0.15) is 0 Å². The van der Waals surface area contributed by atoms with E-state index in [1.807, 2.05) is 0 Å². The molecule has 2 saturated heterocycles. The zero-order valence-corrected chi connectivity index (χ0v) is 9.52. The summed E-state index contributed by atoms with van der Waals surface area (Å²) < 4.78 is 0. The molecular weight excluding hydrogens is 204 g/mol. The molecule has 0 aromatic heterocycles. The molecule has 0 aromatic rings. The van der Waals surface area contributed by atoms with E-state index < -0.39 is 0 Å². The molecule has 2 heterocycles. The quantitative estimate of drug-likeness (QED) is 0.710. The van der Waals surface area contributed by atoms with Crippen LogP contribution in [-0.4, -0.2) is 34.7 Å². The van der Waals surface area contributed by atoms with Crippen LogP contribution in [0.4, 0.5) is 0 Å². The maximum atomic E-state index is 10.7. The first kappa shape index (κ1) is 12.5. The van der Waals surface area contributed by atoms with Gasteiger partial charge >= 0.3 is 0 Å². The fourth-order valence-corrected chi connectivity index (χ4v) is 1.72. The second-order valence-electron chi connectivity index (χ2n) is 3.75. The first-order valence-corrected chi connectivity index (χ1v) is 5.53. The second kappa shape index (κ2) is 6.10. The van der Waals surface area contributed by atoms with E-state index in [9.17, 15) is 9.59 Å². The molecule has 0 saturated carbocycles. The first-order valence-electron chi connectivity index (χ1n) is 5.53. The van der Waals surface area contributed by atoms with E-state index >= 15 is 0 Å². The van der Waals surface area contributed by atoms with Crippen LogP contribution in [-0.2, 0) is 9.59 Å². The second-order valence-corrected chi connectivity index (χ2v) is 3.75. The van der Waals surface area contributed by atoms with Gasteiger partial charge in [-0.05, 0) is 25.2 Å². The molecule has 0 spiro atoms. The largest absolute Gasteiger partial charge is 0.320 e. The molecule has 0 unspecified atom stereocenters. The fourth-order valence-electron chi connectivity index (χ4n) is 1.72. The monoisotopic (exact) mass is 222 g/mol. The zero-order chi connectivity index (χ0) is 12.0. The summed E-state index contributed by atoms with van der Waals surface area (Å²) in [5.74, 6) is 0.417. The van der Waals surface area contributed by atoms with E-state index in [1.54, 1.807) is 22.2 Å². The highest BCUT2D eigenvalue weighted by molar-refractivity contribution is 5.79. The van der Waals surface area contributed by atoms with Crippen LogP contribution >= 0.6 is 0 Å². The minimum Gasteiger partial charge on any atom is -0.320 e. The highest BCUT2D eigenvalue weighted by Crippen LogP contribution is 2.08. The number of carbonyl (C=O) groups is 2. The van der Waals surface area contributed by atoms with Gasteiger partial charge in [0.15, 0.2) is 0 Å². The molecule has 2 fully saturated rings. The summed E-state index contributed by atoms with van der Waals surface area (Å²) >= 11 is 0. The van der Waals surface area contributed by atoms with Gasteiger partial charge in [-0.3, -0.25) is 9.59 Å². The molecule has 2 aliphatic rings. The van der Waals surface area contributed by atoms with Gasteiger partial charge in [0.2, 0.25) is 11.8 Å². The summed E-state index contributed by atoms with van der Waals surface area (Å²) in [6.07, 6.45) is 6.57. The van der Waals surface area contributed by atoms with Crippen molar-refractivity contribution in [1.82, 2.24) is 9.80 Å². The van der Waals surface area contributed by atoms with Gasteiger partial charge in [0.05, 0.1) is 0 Å². The van der Waals surface area contributed by atoms with Crippen molar-refractivity contribution in [2.45, 2.75) is 25.7 Å². The molecule has 2 rings (SSSR count). The Morgan fingerprint density at radius 2 is 1.25 bits per heavy atom. The number of rotatable bonds is 2. The van der Waals surface area contributed by atoms with Crippen molar-refractivity contribution in [2.75, 3.05) is 13.1 Å². The Hall–Kier alpha value is -1.58. The molecular formula is C12H18N2O2. The maximum Gasteiger partial charge on any atom is 0.226 e. The van der Waals surface area contributed by atoms with E-state index in [1.165, 1.54) is 0 Å². The lowest BCUT2D eigenvalue weighted by Crippen LogP contribution is -2.16. The minimum atomic E-state index is 0.208. The number of likely N-dealkylation sites (tertiary alicyclic amines) is 2. The molecule has 4 heteroatoms. The van der Waals surface area contributed by atoms with Crippen molar-refractivity contribution in [3.8, 4) is 0 Å². The summed E-state index contributed by atoms with van der Waals surface area (Å²) in [4.78, 5) is 24.6. The Morgan fingerprint density at radius 1 is 0.875 bits per heavy atom. The molecule has 0 atom stereocenters. The summed E-state index contributed by atoms with van der Waals surface area (Å²) in [5, 5.41) is 0. The van der Waals surface area contributed by atoms with Gasteiger partial charge in [-0.1, -0.05) is 13.2 Å². The summed E-state index contributed by atoms with van der Waals surface area (Å²) in [6, 6.07) is 0. The van der Waals surface area contributed by atoms with E-state index in [-0.39, 0.29) is 11.8 Å². The Kier molecular flexibility index (Phi) is 4.76. The predicted molar refractivity (Wildman–Crippen MR) is 62.3 cm³/mol. The molecule has 2 amide bonds. The lowest BCUT2D eigenvalue weighted by atomic mass is 10.4. The average molecular weight is 222 g/mol. The van der Waals surface area contributed by atoms with Crippen LogP contribution in [0.3, 0.4) is 0 Å². The predicted octanol–water partition coefficient (Wildman–Crippen LogP) is 1.50. The molecule has 0 aliphatic carbocycles. The van der Waals surface area contributed by atoms with Crippen molar-refractivity contribution >= 4 is 11.8 Å². The number of carbonyl (C=O) groups excluding carboxylic acids is 2. The van der Waals surface area contributed by atoms with Gasteiger partial charge in [-0.25, -0.2) is 0 Å². The van der Waals surface area contributed by atoms with Crippen molar-refractivity contribution in [3.05, 3.63) is 25.6 Å². The van der Waals surface area contributed by atoms with E-state index in [0.29, 0.717) is 12.8 Å². The molecule has 0 N–H and O–H groups in total. The molecule has 0 aromatic carbocycles. The van der Waals surface area contributed by atoms with Crippen LogP contribution in [0.5, 0.6) is 0 Å². The van der Waals surface area contributed by atoms with E-state index in [2.05, 4.69) is 13.2 Å². The molecule has 2 aliphatic heterocycles. The number of amides is 2. The zero-order valence-electron chi connectivity index (χ0n) is 9.52. The van der Waals surface area contributed by atoms with Crippen molar-refractivity contribution in [1.29, 1.82) is 0 Å². The smallest absolute Gasteiger partial charge is 0.226 e. The van der Waals surface area contributed by atoms with Crippen molar-refractivity contribution in [3.63, 3.8) is 0 Å².